The second kappa shape index (κ2) is 15.6. The first-order chi connectivity index (χ1) is 13.5. The number of unbranched alkanes of at least 4 members (excludes halogenated alkanes) is 2. The van der Waals surface area contributed by atoms with E-state index in [1.54, 1.807) is 50.6 Å². The molecule has 166 valence electrons. The van der Waals surface area contributed by atoms with E-state index in [1.165, 1.54) is 0 Å². The fourth-order valence-corrected chi connectivity index (χ4v) is 2.37. The number of benzene rings is 2. The van der Waals surface area contributed by atoms with Crippen molar-refractivity contribution in [3.63, 3.8) is 0 Å². The Morgan fingerprint density at radius 3 is 1.41 bits per heavy atom. The van der Waals surface area contributed by atoms with Crippen LogP contribution in [0.4, 0.5) is 11.4 Å². The normalized spacial score (nSPS) is 9.52. The van der Waals surface area contributed by atoms with E-state index in [9.17, 15) is 10.2 Å². The van der Waals surface area contributed by atoms with Crippen molar-refractivity contribution >= 4 is 11.4 Å². The molecule has 0 heterocycles. The van der Waals surface area contributed by atoms with Crippen molar-refractivity contribution < 1.29 is 36.2 Å². The molecule has 0 fully saturated rings. The average Bonchev–Trinajstić information content (AvgIpc) is 2.71. The number of phenols is 2. The summed E-state index contributed by atoms with van der Waals surface area (Å²) in [6, 6.07) is 10.3. The molecule has 0 aromatic heterocycles. The van der Waals surface area contributed by atoms with Crippen LogP contribution in [0.3, 0.4) is 0 Å². The maximum Gasteiger partial charge on any atom is 0.138 e. The van der Waals surface area contributed by atoms with Gasteiger partial charge in [-0.05, 0) is 37.1 Å². The standard InChI is InChI=1S/2C11H17NO2.Ni/c2*1-3-4-7-12-10-8-9(14-2)5-6-11(10)13;/h2*5-6,8,12-13H,3-4,7H2,1-2H3;. The van der Waals surface area contributed by atoms with Crippen LogP contribution >= 0.6 is 0 Å². The summed E-state index contributed by atoms with van der Waals surface area (Å²) in [6.45, 7) is 6.01. The molecule has 2 rings (SSSR count). The van der Waals surface area contributed by atoms with Crippen LogP contribution in [0.15, 0.2) is 36.4 Å². The largest absolute Gasteiger partial charge is 0.506 e. The Morgan fingerprint density at radius 1 is 0.724 bits per heavy atom. The van der Waals surface area contributed by atoms with Crippen molar-refractivity contribution in [2.45, 2.75) is 39.5 Å². The zero-order valence-electron chi connectivity index (χ0n) is 17.7. The maximum absolute atomic E-state index is 9.51. The summed E-state index contributed by atoms with van der Waals surface area (Å²) in [7, 11) is 3.23. The predicted molar refractivity (Wildman–Crippen MR) is 116 cm³/mol. The SMILES string of the molecule is CCCCNc1cc(OC)ccc1O.CCCCNc1cc(OC)ccc1O.[Ni]. The predicted octanol–water partition coefficient (Wildman–Crippen LogP) is 5.22. The van der Waals surface area contributed by atoms with Crippen LogP contribution in [0.25, 0.3) is 0 Å². The third-order valence-corrected chi connectivity index (χ3v) is 4.10. The molecule has 0 spiro atoms. The van der Waals surface area contributed by atoms with E-state index in [2.05, 4.69) is 24.5 Å². The van der Waals surface area contributed by atoms with Crippen molar-refractivity contribution in [1.82, 2.24) is 0 Å². The molecule has 0 aliphatic carbocycles. The average molecular weight is 449 g/mol. The van der Waals surface area contributed by atoms with Crippen molar-refractivity contribution in [3.8, 4) is 23.0 Å². The molecule has 4 N–H and O–H groups in total. The number of phenolic OH excluding ortho intramolecular Hbond substituents is 2. The molecule has 0 amide bonds. The molecule has 0 saturated carbocycles. The van der Waals surface area contributed by atoms with Gasteiger partial charge in [0.2, 0.25) is 0 Å². The van der Waals surface area contributed by atoms with Crippen LogP contribution in [-0.2, 0) is 16.5 Å². The van der Waals surface area contributed by atoms with Crippen molar-refractivity contribution in [2.24, 2.45) is 0 Å². The Kier molecular flexibility index (Phi) is 14.4. The number of anilines is 2. The van der Waals surface area contributed by atoms with Crippen molar-refractivity contribution in [1.29, 1.82) is 0 Å². The number of rotatable bonds is 10. The van der Waals surface area contributed by atoms with Gasteiger partial charge < -0.3 is 30.3 Å². The van der Waals surface area contributed by atoms with E-state index in [1.807, 2.05) is 0 Å². The third-order valence-electron chi connectivity index (χ3n) is 4.10. The van der Waals surface area contributed by atoms with E-state index in [-0.39, 0.29) is 28.0 Å². The number of ether oxygens (including phenoxy) is 2. The van der Waals surface area contributed by atoms with Crippen molar-refractivity contribution in [3.05, 3.63) is 36.4 Å². The number of hydrogen-bond donors (Lipinski definition) is 4. The summed E-state index contributed by atoms with van der Waals surface area (Å²) in [6.07, 6.45) is 4.46. The molecule has 6 nitrogen and oxygen atoms in total. The summed E-state index contributed by atoms with van der Waals surface area (Å²) in [5, 5.41) is 25.3. The van der Waals surface area contributed by atoms with Gasteiger partial charge >= 0.3 is 0 Å². The van der Waals surface area contributed by atoms with Gasteiger partial charge in [-0.3, -0.25) is 0 Å². The molecule has 0 aliphatic rings. The van der Waals surface area contributed by atoms with Crippen LogP contribution in [0.1, 0.15) is 39.5 Å². The second-order valence-corrected chi connectivity index (χ2v) is 6.33. The summed E-state index contributed by atoms with van der Waals surface area (Å²) in [5.74, 6) is 2.03. The van der Waals surface area contributed by atoms with Gasteiger partial charge in [0.05, 0.1) is 25.6 Å². The van der Waals surface area contributed by atoms with Crippen LogP contribution in [0, 0.1) is 0 Å². The number of aromatic hydroxyl groups is 2. The zero-order valence-corrected chi connectivity index (χ0v) is 18.7. The number of hydrogen-bond acceptors (Lipinski definition) is 6. The zero-order chi connectivity index (χ0) is 20.8. The topological polar surface area (TPSA) is 83.0 Å². The Bertz CT molecular complexity index is 639. The van der Waals surface area contributed by atoms with Gasteiger partial charge in [0.25, 0.3) is 0 Å². The Hall–Kier alpha value is -2.27. The molecule has 0 radical (unpaired) electrons. The first kappa shape index (κ1) is 26.7. The number of methoxy groups -OCH3 is 2. The molecule has 2 aromatic carbocycles. The van der Waals surface area contributed by atoms with Gasteiger partial charge in [0.15, 0.2) is 0 Å². The Morgan fingerprint density at radius 2 is 1.10 bits per heavy atom. The minimum absolute atomic E-state index is 0. The molecule has 0 atom stereocenters. The molecule has 29 heavy (non-hydrogen) atoms. The molecule has 0 saturated heterocycles. The Labute approximate surface area is 184 Å². The Balaban J connectivity index is 0.000000523. The van der Waals surface area contributed by atoms with E-state index in [4.69, 9.17) is 9.47 Å². The van der Waals surface area contributed by atoms with E-state index < -0.39 is 0 Å². The van der Waals surface area contributed by atoms with Gasteiger partial charge in [0, 0.05) is 41.7 Å². The molecule has 7 heteroatoms. The van der Waals surface area contributed by atoms with Gasteiger partial charge in [-0.25, -0.2) is 0 Å². The van der Waals surface area contributed by atoms with E-state index >= 15 is 0 Å². The van der Waals surface area contributed by atoms with Crippen LogP contribution in [0.5, 0.6) is 23.0 Å². The molecule has 0 bridgehead atoms. The summed E-state index contributed by atoms with van der Waals surface area (Å²) in [5.41, 5.74) is 1.47. The van der Waals surface area contributed by atoms with Gasteiger partial charge in [0.1, 0.15) is 23.0 Å². The third kappa shape index (κ3) is 10.2. The van der Waals surface area contributed by atoms with Gasteiger partial charge in [-0.15, -0.1) is 0 Å². The molecular formula is C22H34N2NiO4. The second-order valence-electron chi connectivity index (χ2n) is 6.33. The quantitative estimate of drug-likeness (QED) is 0.226. The van der Waals surface area contributed by atoms with E-state index in [0.29, 0.717) is 0 Å². The molecular weight excluding hydrogens is 415 g/mol. The van der Waals surface area contributed by atoms with Gasteiger partial charge in [-0.2, -0.15) is 0 Å². The van der Waals surface area contributed by atoms with Crippen molar-refractivity contribution in [2.75, 3.05) is 37.9 Å². The fraction of sp³-hybridized carbons (Fsp3) is 0.455. The summed E-state index contributed by atoms with van der Waals surface area (Å²) >= 11 is 0. The monoisotopic (exact) mass is 448 g/mol. The minimum atomic E-state index is 0. The van der Waals surface area contributed by atoms with Crippen LogP contribution in [0.2, 0.25) is 0 Å². The smallest absolute Gasteiger partial charge is 0.138 e. The van der Waals surface area contributed by atoms with E-state index in [0.717, 1.165) is 61.6 Å². The van der Waals surface area contributed by atoms with Gasteiger partial charge in [-0.1, -0.05) is 26.7 Å². The molecule has 2 aromatic rings. The first-order valence-electron chi connectivity index (χ1n) is 9.77. The number of nitrogens with one attached hydrogen (secondary N) is 2. The molecule has 0 aliphatic heterocycles. The summed E-state index contributed by atoms with van der Waals surface area (Å²) in [4.78, 5) is 0. The maximum atomic E-state index is 9.51. The fourth-order valence-electron chi connectivity index (χ4n) is 2.37. The first-order valence-corrected chi connectivity index (χ1v) is 9.77. The van der Waals surface area contributed by atoms with Crippen LogP contribution < -0.4 is 20.1 Å². The molecule has 0 unspecified atom stereocenters. The van der Waals surface area contributed by atoms with Crippen LogP contribution in [-0.4, -0.2) is 37.5 Å². The minimum Gasteiger partial charge on any atom is -0.506 e. The summed E-state index contributed by atoms with van der Waals surface area (Å²) < 4.78 is 10.1.